The first kappa shape index (κ1) is 12.3. The molecule has 2 N–H and O–H groups in total. The molecule has 3 unspecified atom stereocenters. The number of nitrogens with one attached hydrogen (secondary N) is 2. The van der Waals surface area contributed by atoms with Crippen molar-refractivity contribution in [2.24, 2.45) is 28.7 Å². The van der Waals surface area contributed by atoms with Crippen LogP contribution in [-0.2, 0) is 0 Å². The topological polar surface area (TPSA) is 36.4 Å². The van der Waals surface area contributed by atoms with Gasteiger partial charge in [-0.1, -0.05) is 6.42 Å². The predicted molar refractivity (Wildman–Crippen MR) is 75.6 cm³/mol. The van der Waals surface area contributed by atoms with Crippen LogP contribution in [0.15, 0.2) is 4.99 Å². The van der Waals surface area contributed by atoms with E-state index in [1.165, 1.54) is 44.9 Å². The van der Waals surface area contributed by atoms with Gasteiger partial charge in [-0.3, -0.25) is 4.99 Å². The van der Waals surface area contributed by atoms with E-state index in [0.717, 1.165) is 42.7 Å². The highest BCUT2D eigenvalue weighted by Crippen LogP contribution is 2.49. The SMILES string of the molecule is CN=C(NCCC1CC2CCC1C2)NCC1CC1. The average Bonchev–Trinajstić information content (AvgIpc) is 2.99. The van der Waals surface area contributed by atoms with E-state index in [9.17, 15) is 0 Å². The van der Waals surface area contributed by atoms with Crippen LogP contribution in [0, 0.1) is 23.7 Å². The number of rotatable bonds is 5. The third kappa shape index (κ3) is 2.99. The maximum atomic E-state index is 4.29. The summed E-state index contributed by atoms with van der Waals surface area (Å²) in [5.41, 5.74) is 0. The highest BCUT2D eigenvalue weighted by Gasteiger charge is 2.38. The van der Waals surface area contributed by atoms with Crippen molar-refractivity contribution in [1.82, 2.24) is 10.6 Å². The Hall–Kier alpha value is -0.730. The van der Waals surface area contributed by atoms with Gasteiger partial charge in [0.2, 0.25) is 0 Å². The minimum Gasteiger partial charge on any atom is -0.356 e. The molecule has 0 aromatic heterocycles. The van der Waals surface area contributed by atoms with E-state index < -0.39 is 0 Å². The second kappa shape index (κ2) is 5.50. The summed E-state index contributed by atoms with van der Waals surface area (Å²) in [6.07, 6.45) is 10.2. The van der Waals surface area contributed by atoms with Gasteiger partial charge in [0, 0.05) is 20.1 Å². The number of nitrogens with zero attached hydrogens (tertiary/aromatic N) is 1. The van der Waals surface area contributed by atoms with Crippen LogP contribution in [0.4, 0.5) is 0 Å². The van der Waals surface area contributed by atoms with Gasteiger partial charge in [0.25, 0.3) is 0 Å². The van der Waals surface area contributed by atoms with Crippen LogP contribution in [0.25, 0.3) is 0 Å². The van der Waals surface area contributed by atoms with Crippen molar-refractivity contribution < 1.29 is 0 Å². The molecule has 3 atom stereocenters. The summed E-state index contributed by atoms with van der Waals surface area (Å²) < 4.78 is 0. The maximum Gasteiger partial charge on any atom is 0.190 e. The van der Waals surface area contributed by atoms with Crippen LogP contribution in [0.3, 0.4) is 0 Å². The molecule has 0 aliphatic heterocycles. The van der Waals surface area contributed by atoms with E-state index in [2.05, 4.69) is 15.6 Å². The molecule has 0 heterocycles. The van der Waals surface area contributed by atoms with E-state index in [1.807, 2.05) is 7.05 Å². The number of guanidine groups is 1. The predicted octanol–water partition coefficient (Wildman–Crippen LogP) is 2.39. The standard InChI is InChI=1S/C15H27N3/c1-16-15(18-10-11-2-3-11)17-7-6-14-9-12-4-5-13(14)8-12/h11-14H,2-10H2,1H3,(H2,16,17,18). The average molecular weight is 249 g/mol. The summed E-state index contributed by atoms with van der Waals surface area (Å²) in [5.74, 6) is 5.04. The third-order valence-electron chi connectivity index (χ3n) is 5.17. The van der Waals surface area contributed by atoms with Crippen LogP contribution in [-0.4, -0.2) is 26.1 Å². The van der Waals surface area contributed by atoms with E-state index in [4.69, 9.17) is 0 Å². The molecule has 3 rings (SSSR count). The molecule has 3 fully saturated rings. The molecule has 0 spiro atoms. The molecule has 3 aliphatic carbocycles. The van der Waals surface area contributed by atoms with Crippen LogP contribution < -0.4 is 10.6 Å². The summed E-state index contributed by atoms with van der Waals surface area (Å²) in [6.45, 7) is 2.20. The second-order valence-corrected chi connectivity index (χ2v) is 6.55. The quantitative estimate of drug-likeness (QED) is 0.580. The first-order valence-corrected chi connectivity index (χ1v) is 7.79. The van der Waals surface area contributed by atoms with Gasteiger partial charge in [0.15, 0.2) is 5.96 Å². The Morgan fingerprint density at radius 1 is 1.11 bits per heavy atom. The van der Waals surface area contributed by atoms with Gasteiger partial charge in [0.1, 0.15) is 0 Å². The Morgan fingerprint density at radius 2 is 2.00 bits per heavy atom. The Balaban J connectivity index is 1.33. The molecular weight excluding hydrogens is 222 g/mol. The van der Waals surface area contributed by atoms with Gasteiger partial charge in [0.05, 0.1) is 0 Å². The monoisotopic (exact) mass is 249 g/mol. The number of hydrogen-bond acceptors (Lipinski definition) is 1. The lowest BCUT2D eigenvalue weighted by Crippen LogP contribution is -2.39. The normalized spacial score (nSPS) is 34.9. The van der Waals surface area contributed by atoms with Crippen molar-refractivity contribution in [1.29, 1.82) is 0 Å². The fourth-order valence-electron chi connectivity index (χ4n) is 3.89. The summed E-state index contributed by atoms with van der Waals surface area (Å²) in [4.78, 5) is 4.29. The highest BCUT2D eigenvalue weighted by atomic mass is 15.2. The fraction of sp³-hybridized carbons (Fsp3) is 0.933. The van der Waals surface area contributed by atoms with Crippen molar-refractivity contribution in [3.63, 3.8) is 0 Å². The molecule has 3 nitrogen and oxygen atoms in total. The first-order valence-electron chi connectivity index (χ1n) is 7.79. The van der Waals surface area contributed by atoms with Crippen molar-refractivity contribution in [2.75, 3.05) is 20.1 Å². The van der Waals surface area contributed by atoms with E-state index in [-0.39, 0.29) is 0 Å². The number of aliphatic imine (C=N–C) groups is 1. The molecule has 2 bridgehead atoms. The van der Waals surface area contributed by atoms with E-state index in [1.54, 1.807) is 0 Å². The fourth-order valence-corrected chi connectivity index (χ4v) is 3.89. The van der Waals surface area contributed by atoms with Crippen LogP contribution in [0.5, 0.6) is 0 Å². The third-order valence-corrected chi connectivity index (χ3v) is 5.17. The van der Waals surface area contributed by atoms with E-state index >= 15 is 0 Å². The van der Waals surface area contributed by atoms with Crippen molar-refractivity contribution in [3.8, 4) is 0 Å². The summed E-state index contributed by atoms with van der Waals surface area (Å²) >= 11 is 0. The zero-order chi connectivity index (χ0) is 12.4. The Morgan fingerprint density at radius 3 is 2.61 bits per heavy atom. The lowest BCUT2D eigenvalue weighted by molar-refractivity contribution is 0.315. The molecular formula is C15H27N3. The van der Waals surface area contributed by atoms with Crippen molar-refractivity contribution in [3.05, 3.63) is 0 Å². The van der Waals surface area contributed by atoms with E-state index in [0.29, 0.717) is 0 Å². The number of hydrogen-bond donors (Lipinski definition) is 2. The molecule has 102 valence electrons. The molecule has 0 amide bonds. The lowest BCUT2D eigenvalue weighted by Gasteiger charge is -2.22. The van der Waals surface area contributed by atoms with Crippen molar-refractivity contribution in [2.45, 2.75) is 44.9 Å². The van der Waals surface area contributed by atoms with Crippen LogP contribution >= 0.6 is 0 Å². The smallest absolute Gasteiger partial charge is 0.190 e. The van der Waals surface area contributed by atoms with Crippen LogP contribution in [0.1, 0.15) is 44.9 Å². The largest absolute Gasteiger partial charge is 0.356 e. The lowest BCUT2D eigenvalue weighted by atomic mass is 9.86. The molecule has 0 saturated heterocycles. The molecule has 3 saturated carbocycles. The van der Waals surface area contributed by atoms with Gasteiger partial charge >= 0.3 is 0 Å². The van der Waals surface area contributed by atoms with Gasteiger partial charge in [-0.2, -0.15) is 0 Å². The van der Waals surface area contributed by atoms with Crippen LogP contribution in [0.2, 0.25) is 0 Å². The molecule has 3 aliphatic rings. The molecule has 0 radical (unpaired) electrons. The zero-order valence-electron chi connectivity index (χ0n) is 11.6. The summed E-state index contributed by atoms with van der Waals surface area (Å²) in [5, 5.41) is 6.91. The van der Waals surface area contributed by atoms with Crippen molar-refractivity contribution >= 4 is 5.96 Å². The minimum atomic E-state index is 0.911. The minimum absolute atomic E-state index is 0.911. The highest BCUT2D eigenvalue weighted by molar-refractivity contribution is 5.79. The first-order chi connectivity index (χ1) is 8.85. The van der Waals surface area contributed by atoms with Gasteiger partial charge in [-0.25, -0.2) is 0 Å². The molecule has 3 heteroatoms. The molecule has 18 heavy (non-hydrogen) atoms. The summed E-state index contributed by atoms with van der Waals surface area (Å²) in [6, 6.07) is 0. The maximum absolute atomic E-state index is 4.29. The summed E-state index contributed by atoms with van der Waals surface area (Å²) in [7, 11) is 1.87. The second-order valence-electron chi connectivity index (χ2n) is 6.55. The number of fused-ring (bicyclic) bond motifs is 2. The zero-order valence-corrected chi connectivity index (χ0v) is 11.6. The molecule has 0 aromatic rings. The van der Waals surface area contributed by atoms with Gasteiger partial charge < -0.3 is 10.6 Å². The Kier molecular flexibility index (Phi) is 3.76. The van der Waals surface area contributed by atoms with Gasteiger partial charge in [-0.15, -0.1) is 0 Å². The van der Waals surface area contributed by atoms with Gasteiger partial charge in [-0.05, 0) is 62.2 Å². The Labute approximate surface area is 111 Å². The Bertz CT molecular complexity index is 309. The molecule has 0 aromatic carbocycles.